The Labute approximate surface area is 141 Å². The standard InChI is InChI=1S/C18H19NO4S/c1-3-4-18(21)15-5-9-16(10-6-15)19-24(22,23)17-11-7-14(8-12-17)13(2)20/h5-12,19H,3-4H2,1-2H3. The second-order valence-electron chi connectivity index (χ2n) is 5.44. The smallest absolute Gasteiger partial charge is 0.261 e. The van der Waals surface area contributed by atoms with Crippen LogP contribution in [0.4, 0.5) is 5.69 Å². The van der Waals surface area contributed by atoms with Crippen molar-refractivity contribution < 1.29 is 18.0 Å². The van der Waals surface area contributed by atoms with E-state index in [2.05, 4.69) is 4.72 Å². The number of benzene rings is 2. The number of carbonyl (C=O) groups excluding carboxylic acids is 2. The van der Waals surface area contributed by atoms with Crippen molar-refractivity contribution in [2.45, 2.75) is 31.6 Å². The quantitative estimate of drug-likeness (QED) is 0.776. The number of rotatable bonds is 7. The fraction of sp³-hybridized carbons (Fsp3) is 0.222. The van der Waals surface area contributed by atoms with E-state index in [0.717, 1.165) is 6.42 Å². The number of sulfonamides is 1. The number of carbonyl (C=O) groups is 2. The molecule has 0 atom stereocenters. The van der Waals surface area contributed by atoms with Crippen LogP contribution < -0.4 is 4.72 Å². The van der Waals surface area contributed by atoms with Crippen molar-refractivity contribution in [3.8, 4) is 0 Å². The summed E-state index contributed by atoms with van der Waals surface area (Å²) in [6.07, 6.45) is 1.23. The molecular formula is C18H19NO4S. The fourth-order valence-corrected chi connectivity index (χ4v) is 3.24. The van der Waals surface area contributed by atoms with E-state index in [9.17, 15) is 18.0 Å². The third-order valence-corrected chi connectivity index (χ3v) is 4.90. The number of anilines is 1. The number of hydrogen-bond donors (Lipinski definition) is 1. The molecule has 0 bridgehead atoms. The molecule has 0 aliphatic heterocycles. The van der Waals surface area contributed by atoms with Crippen LogP contribution in [-0.2, 0) is 10.0 Å². The summed E-state index contributed by atoms with van der Waals surface area (Å²) in [7, 11) is -3.75. The molecule has 0 saturated carbocycles. The third-order valence-electron chi connectivity index (χ3n) is 3.51. The Morgan fingerprint density at radius 3 is 1.96 bits per heavy atom. The Morgan fingerprint density at radius 2 is 1.46 bits per heavy atom. The van der Waals surface area contributed by atoms with Crippen molar-refractivity contribution in [3.63, 3.8) is 0 Å². The van der Waals surface area contributed by atoms with Crippen LogP contribution in [0.2, 0.25) is 0 Å². The molecule has 0 unspecified atom stereocenters. The van der Waals surface area contributed by atoms with Crippen LogP contribution in [0, 0.1) is 0 Å². The molecular weight excluding hydrogens is 326 g/mol. The zero-order chi connectivity index (χ0) is 17.7. The largest absolute Gasteiger partial charge is 0.295 e. The van der Waals surface area contributed by atoms with Gasteiger partial charge in [0, 0.05) is 23.2 Å². The first-order valence-corrected chi connectivity index (χ1v) is 9.09. The van der Waals surface area contributed by atoms with Crippen molar-refractivity contribution >= 4 is 27.3 Å². The summed E-state index contributed by atoms with van der Waals surface area (Å²) in [4.78, 5) is 23.1. The van der Waals surface area contributed by atoms with E-state index >= 15 is 0 Å². The van der Waals surface area contributed by atoms with Crippen molar-refractivity contribution in [2.75, 3.05) is 4.72 Å². The minimum atomic E-state index is -3.75. The average Bonchev–Trinajstić information content (AvgIpc) is 2.55. The highest BCUT2D eigenvalue weighted by atomic mass is 32.2. The zero-order valence-electron chi connectivity index (χ0n) is 13.6. The Hall–Kier alpha value is -2.47. The van der Waals surface area contributed by atoms with Crippen molar-refractivity contribution in [3.05, 3.63) is 59.7 Å². The molecule has 0 fully saturated rings. The van der Waals surface area contributed by atoms with Crippen LogP contribution in [0.25, 0.3) is 0 Å². The normalized spacial score (nSPS) is 11.1. The predicted octanol–water partition coefficient (Wildman–Crippen LogP) is 3.67. The Kier molecular flexibility index (Phi) is 5.51. The summed E-state index contributed by atoms with van der Waals surface area (Å²) in [6, 6.07) is 12.1. The third kappa shape index (κ3) is 4.29. The van der Waals surface area contributed by atoms with Crippen LogP contribution >= 0.6 is 0 Å². The van der Waals surface area contributed by atoms with Gasteiger partial charge in [-0.25, -0.2) is 8.42 Å². The van der Waals surface area contributed by atoms with Crippen LogP contribution in [-0.4, -0.2) is 20.0 Å². The Balaban J connectivity index is 2.16. The molecule has 5 nitrogen and oxygen atoms in total. The molecule has 0 aromatic heterocycles. The van der Waals surface area contributed by atoms with Gasteiger partial charge in [0.1, 0.15) is 0 Å². The van der Waals surface area contributed by atoms with Crippen LogP contribution in [0.5, 0.6) is 0 Å². The second-order valence-corrected chi connectivity index (χ2v) is 7.12. The maximum Gasteiger partial charge on any atom is 0.261 e. The van der Waals surface area contributed by atoms with E-state index in [-0.39, 0.29) is 16.5 Å². The van der Waals surface area contributed by atoms with E-state index in [0.29, 0.717) is 23.2 Å². The monoisotopic (exact) mass is 345 g/mol. The van der Waals surface area contributed by atoms with Crippen molar-refractivity contribution in [1.82, 2.24) is 0 Å². The van der Waals surface area contributed by atoms with Crippen LogP contribution in [0.1, 0.15) is 47.4 Å². The van der Waals surface area contributed by atoms with E-state index in [1.807, 2.05) is 6.92 Å². The lowest BCUT2D eigenvalue weighted by Crippen LogP contribution is -2.13. The zero-order valence-corrected chi connectivity index (χ0v) is 14.4. The Morgan fingerprint density at radius 1 is 0.917 bits per heavy atom. The summed E-state index contributed by atoms with van der Waals surface area (Å²) in [5.74, 6) is -0.0917. The molecule has 126 valence electrons. The summed E-state index contributed by atoms with van der Waals surface area (Å²) < 4.78 is 27.1. The maximum absolute atomic E-state index is 12.3. The lowest BCUT2D eigenvalue weighted by molar-refractivity contribution is 0.0979. The number of nitrogens with one attached hydrogen (secondary N) is 1. The molecule has 6 heteroatoms. The average molecular weight is 345 g/mol. The summed E-state index contributed by atoms with van der Waals surface area (Å²) in [5, 5.41) is 0. The molecule has 0 aliphatic carbocycles. The molecule has 1 N–H and O–H groups in total. The SMILES string of the molecule is CCCC(=O)c1ccc(NS(=O)(=O)c2ccc(C(C)=O)cc2)cc1. The topological polar surface area (TPSA) is 80.3 Å². The maximum atomic E-state index is 12.3. The first-order valence-electron chi connectivity index (χ1n) is 7.60. The van der Waals surface area contributed by atoms with Gasteiger partial charge in [-0.1, -0.05) is 19.1 Å². The first kappa shape index (κ1) is 17.9. The first-order chi connectivity index (χ1) is 11.3. The van der Waals surface area contributed by atoms with E-state index in [1.165, 1.54) is 31.2 Å². The van der Waals surface area contributed by atoms with Gasteiger partial charge in [-0.15, -0.1) is 0 Å². The van der Waals surface area contributed by atoms with Gasteiger partial charge < -0.3 is 0 Å². The second kappa shape index (κ2) is 7.40. The molecule has 0 amide bonds. The highest BCUT2D eigenvalue weighted by Gasteiger charge is 2.15. The number of ketones is 2. The van der Waals surface area contributed by atoms with Crippen LogP contribution in [0.3, 0.4) is 0 Å². The van der Waals surface area contributed by atoms with Gasteiger partial charge in [0.05, 0.1) is 4.90 Å². The minimum absolute atomic E-state index is 0.0340. The van der Waals surface area contributed by atoms with Gasteiger partial charge >= 0.3 is 0 Å². The fourth-order valence-electron chi connectivity index (χ4n) is 2.18. The van der Waals surface area contributed by atoms with E-state index < -0.39 is 10.0 Å². The molecule has 2 aromatic carbocycles. The summed E-state index contributed by atoms with van der Waals surface area (Å²) >= 11 is 0. The predicted molar refractivity (Wildman–Crippen MR) is 92.9 cm³/mol. The molecule has 2 rings (SSSR count). The molecule has 0 spiro atoms. The van der Waals surface area contributed by atoms with Gasteiger partial charge in [-0.2, -0.15) is 0 Å². The lowest BCUT2D eigenvalue weighted by Gasteiger charge is -2.09. The van der Waals surface area contributed by atoms with Crippen LogP contribution in [0.15, 0.2) is 53.4 Å². The van der Waals surface area contributed by atoms with Gasteiger partial charge in [0.2, 0.25) is 0 Å². The molecule has 0 aliphatic rings. The van der Waals surface area contributed by atoms with E-state index in [1.54, 1.807) is 24.3 Å². The molecule has 0 saturated heterocycles. The number of Topliss-reactive ketones (excluding diaryl/α,β-unsaturated/α-hetero) is 2. The molecule has 2 aromatic rings. The highest BCUT2D eigenvalue weighted by Crippen LogP contribution is 2.18. The lowest BCUT2D eigenvalue weighted by atomic mass is 10.1. The highest BCUT2D eigenvalue weighted by molar-refractivity contribution is 7.92. The summed E-state index contributed by atoms with van der Waals surface area (Å²) in [5.41, 5.74) is 1.39. The number of hydrogen-bond acceptors (Lipinski definition) is 4. The Bertz CT molecular complexity index is 838. The molecule has 0 heterocycles. The molecule has 24 heavy (non-hydrogen) atoms. The van der Waals surface area contributed by atoms with Crippen molar-refractivity contribution in [1.29, 1.82) is 0 Å². The van der Waals surface area contributed by atoms with E-state index in [4.69, 9.17) is 0 Å². The van der Waals surface area contributed by atoms with Gasteiger partial charge in [-0.3, -0.25) is 14.3 Å². The van der Waals surface area contributed by atoms with Gasteiger partial charge in [0.15, 0.2) is 11.6 Å². The van der Waals surface area contributed by atoms with Gasteiger partial charge in [-0.05, 0) is 49.7 Å². The summed E-state index contributed by atoms with van der Waals surface area (Å²) in [6.45, 7) is 3.35. The molecule has 0 radical (unpaired) electrons. The van der Waals surface area contributed by atoms with Gasteiger partial charge in [0.25, 0.3) is 10.0 Å². The minimum Gasteiger partial charge on any atom is -0.295 e. The van der Waals surface area contributed by atoms with Crippen molar-refractivity contribution in [2.24, 2.45) is 0 Å².